The number of carbonyl (C=O) groups excluding carboxylic acids is 2. The Bertz CT molecular complexity index is 778. The number of nitrogens with one attached hydrogen (secondary N) is 2. The first kappa shape index (κ1) is 14.9. The van der Waals surface area contributed by atoms with Crippen LogP contribution in [0.3, 0.4) is 0 Å². The Morgan fingerprint density at radius 2 is 2.04 bits per heavy atom. The highest BCUT2D eigenvalue weighted by atomic mass is 16.2. The van der Waals surface area contributed by atoms with Gasteiger partial charge in [0.25, 0.3) is 0 Å². The van der Waals surface area contributed by atoms with Gasteiger partial charge in [0.05, 0.1) is 11.9 Å². The number of pyridine rings is 1. The molecule has 4 rings (SSSR count). The fraction of sp³-hybridized carbons (Fsp3) is 0.438. The molecule has 126 valence electrons. The van der Waals surface area contributed by atoms with E-state index in [2.05, 4.69) is 26.6 Å². The number of aromatic nitrogens is 2. The summed E-state index contributed by atoms with van der Waals surface area (Å²) in [7, 11) is 0. The Kier molecular flexibility index (Phi) is 3.81. The summed E-state index contributed by atoms with van der Waals surface area (Å²) in [6.45, 7) is 4.26. The van der Waals surface area contributed by atoms with E-state index in [4.69, 9.17) is 0 Å². The van der Waals surface area contributed by atoms with Crippen LogP contribution in [0.2, 0.25) is 0 Å². The molecule has 8 nitrogen and oxygen atoms in total. The van der Waals surface area contributed by atoms with E-state index in [1.807, 2.05) is 16.7 Å². The van der Waals surface area contributed by atoms with E-state index < -0.39 is 6.03 Å². The third-order valence-corrected chi connectivity index (χ3v) is 4.51. The molecule has 0 aromatic carbocycles. The molecule has 24 heavy (non-hydrogen) atoms. The minimum atomic E-state index is -0.391. The number of imide groups is 1. The summed E-state index contributed by atoms with van der Waals surface area (Å²) < 4.78 is 1.92. The molecule has 2 saturated heterocycles. The first-order valence-electron chi connectivity index (χ1n) is 8.27. The van der Waals surface area contributed by atoms with E-state index in [0.29, 0.717) is 18.8 Å². The van der Waals surface area contributed by atoms with Crippen LogP contribution in [0.25, 0.3) is 5.65 Å². The van der Waals surface area contributed by atoms with Gasteiger partial charge in [0, 0.05) is 38.8 Å². The Balaban J connectivity index is 1.71. The third-order valence-electron chi connectivity index (χ3n) is 4.51. The summed E-state index contributed by atoms with van der Waals surface area (Å²) in [6, 6.07) is 3.65. The molecule has 3 amide bonds. The molecule has 2 aromatic heterocycles. The number of anilines is 2. The molecule has 0 radical (unpaired) electrons. The van der Waals surface area contributed by atoms with Crippen LogP contribution in [0.5, 0.6) is 0 Å². The number of fused-ring (bicyclic) bond motifs is 1. The molecule has 0 atom stereocenters. The molecule has 2 aliphatic heterocycles. The minimum Gasteiger partial charge on any atom is -0.367 e. The monoisotopic (exact) mass is 328 g/mol. The first-order chi connectivity index (χ1) is 11.7. The van der Waals surface area contributed by atoms with Crippen molar-refractivity contribution in [3.05, 3.63) is 24.5 Å². The van der Waals surface area contributed by atoms with Crippen molar-refractivity contribution in [1.29, 1.82) is 0 Å². The summed E-state index contributed by atoms with van der Waals surface area (Å²) >= 11 is 0. The van der Waals surface area contributed by atoms with Gasteiger partial charge >= 0.3 is 6.03 Å². The van der Waals surface area contributed by atoms with Gasteiger partial charge in [-0.1, -0.05) is 0 Å². The molecule has 2 N–H and O–H groups in total. The lowest BCUT2D eigenvalue weighted by Crippen LogP contribution is -2.50. The second-order valence-corrected chi connectivity index (χ2v) is 6.05. The van der Waals surface area contributed by atoms with E-state index in [0.717, 1.165) is 43.9 Å². The van der Waals surface area contributed by atoms with Crippen molar-refractivity contribution < 1.29 is 9.59 Å². The van der Waals surface area contributed by atoms with Crippen molar-refractivity contribution in [1.82, 2.24) is 20.0 Å². The number of rotatable bonds is 2. The Morgan fingerprint density at radius 1 is 1.12 bits per heavy atom. The van der Waals surface area contributed by atoms with Crippen LogP contribution in [0.4, 0.5) is 16.3 Å². The summed E-state index contributed by atoms with van der Waals surface area (Å²) in [5.41, 5.74) is 1.90. The van der Waals surface area contributed by atoms with E-state index in [9.17, 15) is 9.59 Å². The highest BCUT2D eigenvalue weighted by Gasteiger charge is 2.27. The molecule has 0 unspecified atom stereocenters. The van der Waals surface area contributed by atoms with Crippen molar-refractivity contribution in [2.45, 2.75) is 12.8 Å². The van der Waals surface area contributed by atoms with E-state index in [1.54, 1.807) is 11.1 Å². The number of hydrogen-bond acceptors (Lipinski definition) is 5. The molecule has 0 aliphatic carbocycles. The van der Waals surface area contributed by atoms with Crippen LogP contribution < -0.4 is 20.4 Å². The van der Waals surface area contributed by atoms with Gasteiger partial charge in [-0.3, -0.25) is 19.4 Å². The van der Waals surface area contributed by atoms with Gasteiger partial charge in [-0.2, -0.15) is 0 Å². The highest BCUT2D eigenvalue weighted by molar-refractivity contribution is 6.05. The normalized spacial score (nSPS) is 19.5. The molecule has 0 bridgehead atoms. The van der Waals surface area contributed by atoms with Crippen LogP contribution >= 0.6 is 0 Å². The summed E-state index contributed by atoms with van der Waals surface area (Å²) in [4.78, 5) is 31.9. The van der Waals surface area contributed by atoms with Gasteiger partial charge in [0.2, 0.25) is 5.91 Å². The third kappa shape index (κ3) is 2.58. The molecule has 0 saturated carbocycles. The lowest BCUT2D eigenvalue weighted by molar-refractivity contribution is -0.120. The lowest BCUT2D eigenvalue weighted by Gasteiger charge is -2.26. The van der Waals surface area contributed by atoms with Crippen LogP contribution in [0.15, 0.2) is 24.5 Å². The smallest absolute Gasteiger partial charge is 0.329 e. The van der Waals surface area contributed by atoms with Crippen molar-refractivity contribution in [3.63, 3.8) is 0 Å². The quantitative estimate of drug-likeness (QED) is 0.843. The molecule has 0 spiro atoms. The lowest BCUT2D eigenvalue weighted by atomic mass is 10.3. The van der Waals surface area contributed by atoms with Crippen LogP contribution in [0.1, 0.15) is 12.8 Å². The maximum absolute atomic E-state index is 12.1. The average molecular weight is 328 g/mol. The van der Waals surface area contributed by atoms with Crippen LogP contribution in [0, 0.1) is 0 Å². The van der Waals surface area contributed by atoms with Crippen LogP contribution in [-0.2, 0) is 4.79 Å². The maximum atomic E-state index is 12.1. The largest absolute Gasteiger partial charge is 0.367 e. The van der Waals surface area contributed by atoms with Crippen molar-refractivity contribution in [2.75, 3.05) is 42.5 Å². The van der Waals surface area contributed by atoms with Gasteiger partial charge in [-0.25, -0.2) is 9.78 Å². The molecule has 2 aromatic rings. The fourth-order valence-corrected chi connectivity index (χ4v) is 3.30. The first-order valence-corrected chi connectivity index (χ1v) is 8.27. The topological polar surface area (TPSA) is 82.0 Å². The standard InChI is InChI=1S/C16H20N6O2/c23-13-4-9-22(16(24)19-13)14-11-18-15-12(3-1-8-21(14)15)20-7-2-5-17-6-10-20/h1,3,8,11,17H,2,4-7,9-10H2,(H,19,23,24). The molecular formula is C16H20N6O2. The zero-order chi connectivity index (χ0) is 16.5. The number of carbonyl (C=O) groups is 2. The van der Waals surface area contributed by atoms with Crippen molar-refractivity contribution in [2.24, 2.45) is 0 Å². The van der Waals surface area contributed by atoms with Gasteiger partial charge < -0.3 is 10.2 Å². The molecular weight excluding hydrogens is 308 g/mol. The Labute approximate surface area is 139 Å². The Hall–Kier alpha value is -2.61. The van der Waals surface area contributed by atoms with Gasteiger partial charge in [0.1, 0.15) is 5.82 Å². The number of urea groups is 1. The molecule has 8 heteroatoms. The van der Waals surface area contributed by atoms with Gasteiger partial charge in [0.15, 0.2) is 5.65 Å². The predicted octanol–water partition coefficient (Wildman–Crippen LogP) is 0.580. The number of nitrogens with zero attached hydrogens (tertiary/aromatic N) is 4. The van der Waals surface area contributed by atoms with Crippen molar-refractivity contribution in [3.8, 4) is 0 Å². The molecule has 2 aliphatic rings. The summed E-state index contributed by atoms with van der Waals surface area (Å²) in [6.07, 6.45) is 4.99. The second-order valence-electron chi connectivity index (χ2n) is 6.05. The average Bonchev–Trinajstić information content (AvgIpc) is 2.82. The van der Waals surface area contributed by atoms with Gasteiger partial charge in [-0.15, -0.1) is 0 Å². The maximum Gasteiger partial charge on any atom is 0.329 e. The van der Waals surface area contributed by atoms with E-state index in [1.165, 1.54) is 0 Å². The zero-order valence-corrected chi connectivity index (χ0v) is 13.4. The summed E-state index contributed by atoms with van der Waals surface area (Å²) in [5.74, 6) is 0.452. The second kappa shape index (κ2) is 6.12. The molecule has 2 fully saturated rings. The SMILES string of the molecule is O=C1CCN(c2cnc3c(N4CCCNCC4)cccn23)C(=O)N1. The number of amides is 3. The van der Waals surface area contributed by atoms with E-state index >= 15 is 0 Å². The van der Waals surface area contributed by atoms with Gasteiger partial charge in [-0.05, 0) is 25.1 Å². The molecule has 4 heterocycles. The van der Waals surface area contributed by atoms with Crippen molar-refractivity contribution >= 4 is 29.1 Å². The minimum absolute atomic E-state index is 0.233. The Morgan fingerprint density at radius 3 is 2.92 bits per heavy atom. The van der Waals surface area contributed by atoms with Crippen LogP contribution in [-0.4, -0.2) is 54.0 Å². The highest BCUT2D eigenvalue weighted by Crippen LogP contribution is 2.26. The van der Waals surface area contributed by atoms with E-state index in [-0.39, 0.29) is 5.91 Å². The number of hydrogen-bond donors (Lipinski definition) is 2. The predicted molar refractivity (Wildman–Crippen MR) is 90.4 cm³/mol. The summed E-state index contributed by atoms with van der Waals surface area (Å²) in [5, 5.41) is 5.76. The zero-order valence-electron chi connectivity index (χ0n) is 13.4. The fourth-order valence-electron chi connectivity index (χ4n) is 3.30. The number of imidazole rings is 1.